The number of aryl methyl sites for hydroxylation is 2. The molecule has 5 heteroatoms. The number of hydrogen-bond acceptors (Lipinski definition) is 3. The van der Waals surface area contributed by atoms with E-state index in [1.54, 1.807) is 19.2 Å². The minimum atomic E-state index is -3.63. The Labute approximate surface area is 151 Å². The number of sulfonamides is 1. The lowest BCUT2D eigenvalue weighted by atomic mass is 9.98. The summed E-state index contributed by atoms with van der Waals surface area (Å²) in [6.45, 7) is 9.71. The van der Waals surface area contributed by atoms with Crippen LogP contribution < -0.4 is 9.46 Å². The summed E-state index contributed by atoms with van der Waals surface area (Å²) in [6.07, 6.45) is 0.678. The van der Waals surface area contributed by atoms with E-state index in [0.717, 1.165) is 16.7 Å². The fraction of sp³-hybridized carbons (Fsp3) is 0.400. The highest BCUT2D eigenvalue weighted by Gasteiger charge is 2.24. The first-order valence-electron chi connectivity index (χ1n) is 8.45. The van der Waals surface area contributed by atoms with Crippen LogP contribution in [0.15, 0.2) is 35.2 Å². The first kappa shape index (κ1) is 19.5. The van der Waals surface area contributed by atoms with E-state index in [0.29, 0.717) is 22.6 Å². The Morgan fingerprint density at radius 3 is 2.28 bits per heavy atom. The molecule has 2 aromatic carbocycles. The van der Waals surface area contributed by atoms with Crippen LogP contribution in [0.5, 0.6) is 5.75 Å². The molecule has 0 bridgehead atoms. The quantitative estimate of drug-likeness (QED) is 0.832. The molecular weight excluding hydrogens is 334 g/mol. The van der Waals surface area contributed by atoms with E-state index in [1.165, 1.54) is 5.56 Å². The number of ether oxygens (including phenoxy) is 1. The van der Waals surface area contributed by atoms with Gasteiger partial charge in [-0.15, -0.1) is 0 Å². The van der Waals surface area contributed by atoms with Crippen LogP contribution in [0.3, 0.4) is 0 Å². The zero-order valence-corrected chi connectivity index (χ0v) is 16.6. The maximum Gasteiger partial charge on any atom is 0.241 e. The van der Waals surface area contributed by atoms with Crippen LogP contribution in [-0.2, 0) is 10.0 Å². The molecule has 0 aliphatic carbocycles. The summed E-state index contributed by atoms with van der Waals surface area (Å²) in [5.41, 5.74) is 4.82. The summed E-state index contributed by atoms with van der Waals surface area (Å²) in [4.78, 5) is 0.300. The van der Waals surface area contributed by atoms with Crippen LogP contribution >= 0.6 is 0 Å². The second-order valence-corrected chi connectivity index (χ2v) is 8.14. The summed E-state index contributed by atoms with van der Waals surface area (Å²) in [5, 5.41) is 0. The van der Waals surface area contributed by atoms with Gasteiger partial charge in [0.05, 0.1) is 12.0 Å². The molecule has 0 fully saturated rings. The molecule has 0 aliphatic heterocycles. The van der Waals surface area contributed by atoms with Crippen molar-refractivity contribution in [3.8, 4) is 5.75 Å². The number of hydrogen-bond donors (Lipinski definition) is 1. The third kappa shape index (κ3) is 4.05. The van der Waals surface area contributed by atoms with Gasteiger partial charge in [0.25, 0.3) is 0 Å². The molecule has 136 valence electrons. The highest BCUT2D eigenvalue weighted by atomic mass is 32.2. The van der Waals surface area contributed by atoms with Crippen molar-refractivity contribution in [2.75, 3.05) is 7.11 Å². The molecule has 1 N–H and O–H groups in total. The number of methoxy groups -OCH3 is 1. The standard InChI is InChI=1S/C20H27NO3S/c1-7-18(17-9-8-13(2)12-14(17)3)21-25(22,23)20-11-10-19(24-6)15(4)16(20)5/h8-12,18,21H,7H2,1-6H3. The van der Waals surface area contributed by atoms with E-state index in [2.05, 4.69) is 10.8 Å². The molecule has 0 aliphatic rings. The predicted molar refractivity (Wildman–Crippen MR) is 102 cm³/mol. The second-order valence-electron chi connectivity index (χ2n) is 6.46. The molecule has 1 unspecified atom stereocenters. The molecular formula is C20H27NO3S. The van der Waals surface area contributed by atoms with Gasteiger partial charge in [-0.05, 0) is 68.5 Å². The Balaban J connectivity index is 2.41. The fourth-order valence-corrected chi connectivity index (χ4v) is 4.72. The second kappa shape index (κ2) is 7.58. The van der Waals surface area contributed by atoms with Gasteiger partial charge in [-0.2, -0.15) is 0 Å². The molecule has 4 nitrogen and oxygen atoms in total. The largest absolute Gasteiger partial charge is 0.496 e. The van der Waals surface area contributed by atoms with Crippen molar-refractivity contribution in [2.24, 2.45) is 0 Å². The minimum Gasteiger partial charge on any atom is -0.496 e. The minimum absolute atomic E-state index is 0.257. The average Bonchev–Trinajstić information content (AvgIpc) is 2.55. The monoisotopic (exact) mass is 361 g/mol. The lowest BCUT2D eigenvalue weighted by molar-refractivity contribution is 0.410. The molecule has 2 aromatic rings. The van der Waals surface area contributed by atoms with Gasteiger partial charge in [-0.25, -0.2) is 13.1 Å². The van der Waals surface area contributed by atoms with Crippen LogP contribution in [0.25, 0.3) is 0 Å². The Hall–Kier alpha value is -1.85. The Kier molecular flexibility index (Phi) is 5.91. The van der Waals surface area contributed by atoms with Crippen molar-refractivity contribution in [1.82, 2.24) is 4.72 Å². The van der Waals surface area contributed by atoms with Crippen LogP contribution in [0.2, 0.25) is 0 Å². The SMILES string of the molecule is CCC(NS(=O)(=O)c1ccc(OC)c(C)c1C)c1ccc(C)cc1C. The summed E-state index contributed by atoms with van der Waals surface area (Å²) < 4.78 is 34.1. The van der Waals surface area contributed by atoms with Crippen LogP contribution in [-0.4, -0.2) is 15.5 Å². The van der Waals surface area contributed by atoms with Crippen molar-refractivity contribution in [1.29, 1.82) is 0 Å². The summed E-state index contributed by atoms with van der Waals surface area (Å²) in [5.74, 6) is 0.692. The van der Waals surface area contributed by atoms with E-state index >= 15 is 0 Å². The van der Waals surface area contributed by atoms with Crippen LogP contribution in [0.4, 0.5) is 0 Å². The zero-order valence-electron chi connectivity index (χ0n) is 15.8. The smallest absolute Gasteiger partial charge is 0.241 e. The van der Waals surface area contributed by atoms with E-state index in [-0.39, 0.29) is 6.04 Å². The maximum absolute atomic E-state index is 13.0. The first-order valence-corrected chi connectivity index (χ1v) is 9.93. The highest BCUT2D eigenvalue weighted by Crippen LogP contribution is 2.29. The van der Waals surface area contributed by atoms with Crippen molar-refractivity contribution in [3.63, 3.8) is 0 Å². The Morgan fingerprint density at radius 2 is 1.72 bits per heavy atom. The highest BCUT2D eigenvalue weighted by molar-refractivity contribution is 7.89. The summed E-state index contributed by atoms with van der Waals surface area (Å²) in [7, 11) is -2.05. The molecule has 0 amide bonds. The number of rotatable bonds is 6. The number of benzene rings is 2. The summed E-state index contributed by atoms with van der Waals surface area (Å²) in [6, 6.07) is 9.16. The van der Waals surface area contributed by atoms with Crippen molar-refractivity contribution in [3.05, 3.63) is 58.1 Å². The Bertz CT molecular complexity index is 873. The molecule has 1 atom stereocenters. The van der Waals surface area contributed by atoms with E-state index in [9.17, 15) is 8.42 Å². The van der Waals surface area contributed by atoms with Crippen molar-refractivity contribution in [2.45, 2.75) is 52.0 Å². The third-order valence-corrected chi connectivity index (χ3v) is 6.32. The summed E-state index contributed by atoms with van der Waals surface area (Å²) >= 11 is 0. The molecule has 0 radical (unpaired) electrons. The molecule has 0 saturated heterocycles. The van der Waals surface area contributed by atoms with Gasteiger partial charge in [-0.1, -0.05) is 30.7 Å². The molecule has 0 heterocycles. The van der Waals surface area contributed by atoms with Gasteiger partial charge in [-0.3, -0.25) is 0 Å². The van der Waals surface area contributed by atoms with E-state index < -0.39 is 10.0 Å². The Morgan fingerprint density at radius 1 is 1.04 bits per heavy atom. The third-order valence-electron chi connectivity index (χ3n) is 4.70. The first-order chi connectivity index (χ1) is 11.7. The van der Waals surface area contributed by atoms with Gasteiger partial charge >= 0.3 is 0 Å². The topological polar surface area (TPSA) is 55.4 Å². The lowest BCUT2D eigenvalue weighted by Crippen LogP contribution is -2.29. The van der Waals surface area contributed by atoms with Gasteiger partial charge in [0, 0.05) is 6.04 Å². The molecule has 25 heavy (non-hydrogen) atoms. The molecule has 0 spiro atoms. The molecule has 2 rings (SSSR count). The van der Waals surface area contributed by atoms with Gasteiger partial charge in [0.2, 0.25) is 10.0 Å². The molecule has 0 aromatic heterocycles. The van der Waals surface area contributed by atoms with E-state index in [1.807, 2.05) is 46.8 Å². The fourth-order valence-electron chi connectivity index (χ4n) is 3.12. The zero-order chi connectivity index (χ0) is 18.8. The average molecular weight is 362 g/mol. The van der Waals surface area contributed by atoms with Crippen molar-refractivity contribution < 1.29 is 13.2 Å². The predicted octanol–water partition coefficient (Wildman–Crippen LogP) is 4.36. The van der Waals surface area contributed by atoms with Gasteiger partial charge < -0.3 is 4.74 Å². The van der Waals surface area contributed by atoms with Crippen LogP contribution in [0.1, 0.15) is 47.2 Å². The van der Waals surface area contributed by atoms with Crippen LogP contribution in [0, 0.1) is 27.7 Å². The van der Waals surface area contributed by atoms with Crippen molar-refractivity contribution >= 4 is 10.0 Å². The van der Waals surface area contributed by atoms with Gasteiger partial charge in [0.15, 0.2) is 0 Å². The lowest BCUT2D eigenvalue weighted by Gasteiger charge is -2.21. The molecule has 0 saturated carbocycles. The number of nitrogens with one attached hydrogen (secondary N) is 1. The maximum atomic E-state index is 13.0. The van der Waals surface area contributed by atoms with E-state index in [4.69, 9.17) is 4.74 Å². The van der Waals surface area contributed by atoms with Gasteiger partial charge in [0.1, 0.15) is 5.75 Å². The normalized spacial score (nSPS) is 12.9.